The highest BCUT2D eigenvalue weighted by molar-refractivity contribution is 8.00. The summed E-state index contributed by atoms with van der Waals surface area (Å²) in [6.45, 7) is 1.70. The fraction of sp³-hybridized carbons (Fsp3) is 0.391. The molecule has 144 valence electrons. The van der Waals surface area contributed by atoms with Gasteiger partial charge in [0.05, 0.1) is 21.0 Å². The van der Waals surface area contributed by atoms with Gasteiger partial charge in [0.1, 0.15) is 0 Å². The first-order chi connectivity index (χ1) is 13.8. The molecular formula is C23H24N2OS2. The fourth-order valence-electron chi connectivity index (χ4n) is 4.31. The first-order valence-electron chi connectivity index (χ1n) is 10.1. The van der Waals surface area contributed by atoms with Crippen LogP contribution in [0.4, 0.5) is 0 Å². The molecule has 0 N–H and O–H groups in total. The molecule has 5 heteroatoms. The third-order valence-electron chi connectivity index (χ3n) is 5.94. The number of fused-ring (bicyclic) bond motifs is 2. The van der Waals surface area contributed by atoms with Crippen LogP contribution in [0.25, 0.3) is 10.2 Å². The largest absolute Gasteiger partial charge is 0.342 e. The molecule has 0 unspecified atom stereocenters. The summed E-state index contributed by atoms with van der Waals surface area (Å²) >= 11 is 3.50. The fourth-order valence-corrected chi connectivity index (χ4v) is 6.31. The summed E-state index contributed by atoms with van der Waals surface area (Å²) in [5, 5.41) is 1.24. The molecule has 0 atom stereocenters. The normalized spacial score (nSPS) is 17.2. The van der Waals surface area contributed by atoms with Crippen LogP contribution in [0.15, 0.2) is 47.4 Å². The van der Waals surface area contributed by atoms with Crippen molar-refractivity contribution in [1.29, 1.82) is 0 Å². The Morgan fingerprint density at radius 2 is 1.93 bits per heavy atom. The summed E-state index contributed by atoms with van der Waals surface area (Å²) in [4.78, 5) is 20.8. The number of likely N-dealkylation sites (tertiary alicyclic amines) is 1. The Labute approximate surface area is 174 Å². The Kier molecular flexibility index (Phi) is 5.12. The Bertz CT molecular complexity index is 972. The third kappa shape index (κ3) is 3.70. The SMILES string of the molecule is O=C(CSc1ccc2c(c1)CCC2)N1CCC(c2nc3ccccc3s2)CC1. The predicted molar refractivity (Wildman–Crippen MR) is 117 cm³/mol. The minimum atomic E-state index is 0.272. The van der Waals surface area contributed by atoms with Crippen molar-refractivity contribution in [2.24, 2.45) is 0 Å². The summed E-state index contributed by atoms with van der Waals surface area (Å²) in [7, 11) is 0. The van der Waals surface area contributed by atoms with Crippen molar-refractivity contribution in [2.75, 3.05) is 18.8 Å². The van der Waals surface area contributed by atoms with E-state index in [0.717, 1.165) is 31.4 Å². The zero-order chi connectivity index (χ0) is 18.9. The molecule has 2 heterocycles. The van der Waals surface area contributed by atoms with Gasteiger partial charge >= 0.3 is 0 Å². The van der Waals surface area contributed by atoms with Crippen LogP contribution in [0.2, 0.25) is 0 Å². The monoisotopic (exact) mass is 408 g/mol. The van der Waals surface area contributed by atoms with Crippen LogP contribution in [0.3, 0.4) is 0 Å². The molecule has 0 radical (unpaired) electrons. The summed E-state index contributed by atoms with van der Waals surface area (Å²) in [6.07, 6.45) is 5.72. The molecule has 3 aromatic rings. The number of hydrogen-bond donors (Lipinski definition) is 0. The van der Waals surface area contributed by atoms with E-state index in [1.165, 1.54) is 45.0 Å². The number of aromatic nitrogens is 1. The van der Waals surface area contributed by atoms with Gasteiger partial charge in [-0.15, -0.1) is 23.1 Å². The summed E-state index contributed by atoms with van der Waals surface area (Å²) in [5.41, 5.74) is 4.08. The number of para-hydroxylation sites is 1. The average molecular weight is 409 g/mol. The van der Waals surface area contributed by atoms with Gasteiger partial charge in [0.25, 0.3) is 0 Å². The number of carbonyl (C=O) groups is 1. The van der Waals surface area contributed by atoms with Gasteiger partial charge in [-0.3, -0.25) is 4.79 Å². The van der Waals surface area contributed by atoms with Crippen molar-refractivity contribution in [1.82, 2.24) is 9.88 Å². The average Bonchev–Trinajstić information content (AvgIpc) is 3.38. The molecule has 5 rings (SSSR count). The van der Waals surface area contributed by atoms with Crippen LogP contribution in [-0.4, -0.2) is 34.6 Å². The highest BCUT2D eigenvalue weighted by Crippen LogP contribution is 2.34. The van der Waals surface area contributed by atoms with Crippen LogP contribution in [-0.2, 0) is 17.6 Å². The van der Waals surface area contributed by atoms with Crippen molar-refractivity contribution >= 4 is 39.2 Å². The molecule has 0 saturated carbocycles. The van der Waals surface area contributed by atoms with Gasteiger partial charge in [-0.2, -0.15) is 0 Å². The van der Waals surface area contributed by atoms with Gasteiger partial charge in [0.2, 0.25) is 5.91 Å². The minimum Gasteiger partial charge on any atom is -0.342 e. The zero-order valence-corrected chi connectivity index (χ0v) is 17.5. The quantitative estimate of drug-likeness (QED) is 0.551. The van der Waals surface area contributed by atoms with E-state index in [1.807, 2.05) is 22.3 Å². The highest BCUT2D eigenvalue weighted by Gasteiger charge is 2.26. The van der Waals surface area contributed by atoms with E-state index < -0.39 is 0 Å². The van der Waals surface area contributed by atoms with E-state index in [-0.39, 0.29) is 5.91 Å². The zero-order valence-electron chi connectivity index (χ0n) is 15.9. The number of piperidine rings is 1. The van der Waals surface area contributed by atoms with E-state index in [1.54, 1.807) is 11.8 Å². The summed E-state index contributed by atoms with van der Waals surface area (Å²) in [6, 6.07) is 15.1. The van der Waals surface area contributed by atoms with Crippen molar-refractivity contribution in [2.45, 2.75) is 42.9 Å². The summed E-state index contributed by atoms with van der Waals surface area (Å²) < 4.78 is 1.27. The smallest absolute Gasteiger partial charge is 0.232 e. The second-order valence-corrected chi connectivity index (χ2v) is 9.86. The Morgan fingerprint density at radius 3 is 2.79 bits per heavy atom. The molecule has 0 bridgehead atoms. The van der Waals surface area contributed by atoms with E-state index in [0.29, 0.717) is 11.7 Å². The molecule has 0 spiro atoms. The molecule has 1 aliphatic heterocycles. The number of aryl methyl sites for hydroxylation is 2. The van der Waals surface area contributed by atoms with Crippen LogP contribution >= 0.6 is 23.1 Å². The number of carbonyl (C=O) groups excluding carboxylic acids is 1. The van der Waals surface area contributed by atoms with Gasteiger partial charge in [0.15, 0.2) is 0 Å². The second kappa shape index (κ2) is 7.88. The molecule has 1 aliphatic carbocycles. The first kappa shape index (κ1) is 18.2. The number of nitrogens with zero attached hydrogens (tertiary/aromatic N) is 2. The molecule has 1 fully saturated rings. The van der Waals surface area contributed by atoms with Crippen LogP contribution < -0.4 is 0 Å². The van der Waals surface area contributed by atoms with Gasteiger partial charge in [-0.25, -0.2) is 4.98 Å². The maximum Gasteiger partial charge on any atom is 0.232 e. The maximum absolute atomic E-state index is 12.7. The number of thioether (sulfide) groups is 1. The Morgan fingerprint density at radius 1 is 1.11 bits per heavy atom. The number of hydrogen-bond acceptors (Lipinski definition) is 4. The van der Waals surface area contributed by atoms with Gasteiger partial charge in [-0.05, 0) is 67.5 Å². The van der Waals surface area contributed by atoms with Gasteiger partial charge in [-0.1, -0.05) is 18.2 Å². The number of thiazole rings is 1. The van der Waals surface area contributed by atoms with Crippen LogP contribution in [0, 0.1) is 0 Å². The lowest BCUT2D eigenvalue weighted by atomic mass is 9.97. The summed E-state index contributed by atoms with van der Waals surface area (Å²) in [5.74, 6) is 1.31. The van der Waals surface area contributed by atoms with E-state index in [2.05, 4.69) is 36.4 Å². The van der Waals surface area contributed by atoms with Crippen molar-refractivity contribution < 1.29 is 4.79 Å². The lowest BCUT2D eigenvalue weighted by molar-refractivity contribution is -0.129. The third-order valence-corrected chi connectivity index (χ3v) is 8.12. The minimum absolute atomic E-state index is 0.272. The molecule has 28 heavy (non-hydrogen) atoms. The number of benzene rings is 2. The van der Waals surface area contributed by atoms with Crippen molar-refractivity contribution in [3.63, 3.8) is 0 Å². The van der Waals surface area contributed by atoms with E-state index >= 15 is 0 Å². The second-order valence-electron chi connectivity index (χ2n) is 7.75. The Hall–Kier alpha value is -1.85. The van der Waals surface area contributed by atoms with Crippen molar-refractivity contribution in [3.8, 4) is 0 Å². The molecule has 1 saturated heterocycles. The highest BCUT2D eigenvalue weighted by atomic mass is 32.2. The molecule has 1 aromatic heterocycles. The standard InChI is InChI=1S/C23H24N2OS2/c26-22(15-27-19-9-8-16-4-3-5-18(16)14-19)25-12-10-17(11-13-25)23-24-20-6-1-2-7-21(20)28-23/h1-2,6-9,14,17H,3-5,10-13,15H2. The van der Waals surface area contributed by atoms with E-state index in [4.69, 9.17) is 4.98 Å². The number of amides is 1. The Balaban J connectivity index is 1.15. The predicted octanol–water partition coefficient (Wildman–Crippen LogP) is 5.28. The van der Waals surface area contributed by atoms with Gasteiger partial charge < -0.3 is 4.90 Å². The lowest BCUT2D eigenvalue weighted by Crippen LogP contribution is -2.38. The number of rotatable bonds is 4. The van der Waals surface area contributed by atoms with E-state index in [9.17, 15) is 4.79 Å². The molecular weight excluding hydrogens is 384 g/mol. The maximum atomic E-state index is 12.7. The molecule has 3 nitrogen and oxygen atoms in total. The molecule has 1 amide bonds. The van der Waals surface area contributed by atoms with Crippen LogP contribution in [0.1, 0.15) is 41.3 Å². The lowest BCUT2D eigenvalue weighted by Gasteiger charge is -2.31. The first-order valence-corrected chi connectivity index (χ1v) is 11.9. The van der Waals surface area contributed by atoms with Crippen LogP contribution in [0.5, 0.6) is 0 Å². The molecule has 2 aliphatic rings. The molecule has 2 aromatic carbocycles. The van der Waals surface area contributed by atoms with Crippen molar-refractivity contribution in [3.05, 3.63) is 58.6 Å². The van der Waals surface area contributed by atoms with Gasteiger partial charge in [0, 0.05) is 23.9 Å². The topological polar surface area (TPSA) is 33.2 Å².